The summed E-state index contributed by atoms with van der Waals surface area (Å²) in [5, 5.41) is 0.397. The number of thiophene rings is 1. The number of aryl methyl sites for hydroxylation is 1. The van der Waals surface area contributed by atoms with Gasteiger partial charge in [0.15, 0.2) is 0 Å². The van der Waals surface area contributed by atoms with Gasteiger partial charge in [-0.3, -0.25) is 19.0 Å². The average molecular weight is 352 g/mol. The monoisotopic (exact) mass is 352 g/mol. The van der Waals surface area contributed by atoms with Crippen molar-refractivity contribution in [3.8, 4) is 0 Å². The molecule has 0 saturated heterocycles. The fourth-order valence-electron chi connectivity index (χ4n) is 2.52. The molecule has 0 fully saturated rings. The summed E-state index contributed by atoms with van der Waals surface area (Å²) in [6.45, 7) is 2.41. The van der Waals surface area contributed by atoms with Gasteiger partial charge in [-0.1, -0.05) is 0 Å². The maximum Gasteiger partial charge on any atom is 0.262 e. The number of nitrogens with two attached hydrogens (primary N) is 2. The molecule has 24 heavy (non-hydrogen) atoms. The molecule has 8 nitrogen and oxygen atoms in total. The Bertz CT molecular complexity index is 840. The van der Waals surface area contributed by atoms with Crippen LogP contribution in [0, 0.1) is 6.92 Å². The van der Waals surface area contributed by atoms with Crippen molar-refractivity contribution >= 4 is 33.4 Å². The molecular formula is C15H20N4O4S. The second-order valence-electron chi connectivity index (χ2n) is 5.40. The van der Waals surface area contributed by atoms with E-state index in [2.05, 4.69) is 4.98 Å². The molecule has 0 atom stereocenters. The molecule has 2 aromatic rings. The molecule has 4 N–H and O–H groups in total. The zero-order valence-electron chi connectivity index (χ0n) is 13.6. The van der Waals surface area contributed by atoms with Gasteiger partial charge in [-0.15, -0.1) is 11.3 Å². The minimum Gasteiger partial charge on any atom is -0.384 e. The minimum atomic E-state index is -0.575. The highest BCUT2D eigenvalue weighted by molar-refractivity contribution is 7.20. The first-order valence-electron chi connectivity index (χ1n) is 7.46. The van der Waals surface area contributed by atoms with E-state index in [0.29, 0.717) is 52.5 Å². The van der Waals surface area contributed by atoms with Gasteiger partial charge in [0.05, 0.1) is 16.9 Å². The highest BCUT2D eigenvalue weighted by atomic mass is 32.1. The lowest BCUT2D eigenvalue weighted by atomic mass is 10.2. The third kappa shape index (κ3) is 3.62. The number of carbonyl (C=O) groups is 2. The van der Waals surface area contributed by atoms with E-state index in [0.717, 1.165) is 11.3 Å². The van der Waals surface area contributed by atoms with E-state index < -0.39 is 11.8 Å². The zero-order chi connectivity index (χ0) is 17.9. The summed E-state index contributed by atoms with van der Waals surface area (Å²) >= 11 is 1.12. The molecule has 2 amide bonds. The van der Waals surface area contributed by atoms with Crippen LogP contribution in [-0.4, -0.2) is 35.1 Å². The van der Waals surface area contributed by atoms with E-state index in [9.17, 15) is 14.4 Å². The molecule has 0 radical (unpaired) electrons. The van der Waals surface area contributed by atoms with Crippen molar-refractivity contribution in [2.45, 2.75) is 32.7 Å². The highest BCUT2D eigenvalue weighted by Crippen LogP contribution is 2.27. The van der Waals surface area contributed by atoms with Gasteiger partial charge in [-0.25, -0.2) is 4.98 Å². The van der Waals surface area contributed by atoms with Gasteiger partial charge in [0, 0.05) is 26.5 Å². The number of hydrogen-bond acceptors (Lipinski definition) is 6. The number of nitrogens with zero attached hydrogens (tertiary/aromatic N) is 2. The number of hydrogen-bond donors (Lipinski definition) is 2. The number of carbonyl (C=O) groups excluding carboxylic acids is 2. The lowest BCUT2D eigenvalue weighted by Crippen LogP contribution is -2.27. The van der Waals surface area contributed by atoms with Gasteiger partial charge < -0.3 is 16.2 Å². The zero-order valence-corrected chi connectivity index (χ0v) is 14.4. The molecule has 130 valence electrons. The van der Waals surface area contributed by atoms with Gasteiger partial charge in [-0.05, 0) is 18.9 Å². The van der Waals surface area contributed by atoms with Gasteiger partial charge in [0.25, 0.3) is 11.5 Å². The fourth-order valence-corrected chi connectivity index (χ4v) is 3.56. The number of rotatable bonds is 8. The van der Waals surface area contributed by atoms with Crippen molar-refractivity contribution in [1.29, 1.82) is 0 Å². The summed E-state index contributed by atoms with van der Waals surface area (Å²) in [4.78, 5) is 40.6. The molecule has 0 spiro atoms. The van der Waals surface area contributed by atoms with Crippen LogP contribution in [0.25, 0.3) is 10.2 Å². The first-order valence-corrected chi connectivity index (χ1v) is 8.28. The van der Waals surface area contributed by atoms with Crippen LogP contribution in [0.3, 0.4) is 0 Å². The van der Waals surface area contributed by atoms with Crippen LogP contribution in [0.15, 0.2) is 4.79 Å². The molecule has 0 unspecified atom stereocenters. The van der Waals surface area contributed by atoms with Crippen LogP contribution in [0.1, 0.15) is 33.9 Å². The van der Waals surface area contributed by atoms with Crippen LogP contribution in [0.2, 0.25) is 0 Å². The summed E-state index contributed by atoms with van der Waals surface area (Å²) in [7, 11) is 1.56. The predicted molar refractivity (Wildman–Crippen MR) is 91.1 cm³/mol. The van der Waals surface area contributed by atoms with Crippen LogP contribution in [-0.2, 0) is 22.5 Å². The maximum absolute atomic E-state index is 12.9. The van der Waals surface area contributed by atoms with Crippen LogP contribution < -0.4 is 17.0 Å². The number of amides is 2. The van der Waals surface area contributed by atoms with Crippen molar-refractivity contribution in [2.24, 2.45) is 11.5 Å². The van der Waals surface area contributed by atoms with E-state index in [1.807, 2.05) is 0 Å². The summed E-state index contributed by atoms with van der Waals surface area (Å²) in [6.07, 6.45) is 1.07. The molecule has 0 aliphatic rings. The lowest BCUT2D eigenvalue weighted by Gasteiger charge is -2.12. The number of aromatic nitrogens is 2. The Labute approximate surface area is 142 Å². The summed E-state index contributed by atoms with van der Waals surface area (Å²) in [5.41, 5.74) is 10.8. The molecule has 9 heteroatoms. The Morgan fingerprint density at radius 1 is 1.33 bits per heavy atom. The van der Waals surface area contributed by atoms with E-state index >= 15 is 0 Å². The van der Waals surface area contributed by atoms with Gasteiger partial charge >= 0.3 is 0 Å². The number of fused-ring (bicyclic) bond motifs is 1. The van der Waals surface area contributed by atoms with E-state index in [1.54, 1.807) is 14.0 Å². The molecule has 0 aromatic carbocycles. The van der Waals surface area contributed by atoms with Crippen molar-refractivity contribution in [1.82, 2.24) is 9.55 Å². The summed E-state index contributed by atoms with van der Waals surface area (Å²) in [6, 6.07) is 0. The quantitative estimate of drug-likeness (QED) is 0.706. The van der Waals surface area contributed by atoms with Gasteiger partial charge in [0.1, 0.15) is 10.7 Å². The molecule has 2 rings (SSSR count). The third-order valence-corrected chi connectivity index (χ3v) is 4.89. The molecule has 0 aliphatic heterocycles. The van der Waals surface area contributed by atoms with E-state index in [-0.39, 0.29) is 12.0 Å². The lowest BCUT2D eigenvalue weighted by molar-refractivity contribution is -0.118. The number of methoxy groups -OCH3 is 1. The minimum absolute atomic E-state index is 0.184. The third-order valence-electron chi connectivity index (χ3n) is 3.69. The van der Waals surface area contributed by atoms with Crippen molar-refractivity contribution in [3.63, 3.8) is 0 Å². The smallest absolute Gasteiger partial charge is 0.262 e. The van der Waals surface area contributed by atoms with Gasteiger partial charge in [-0.2, -0.15) is 0 Å². The molecule has 0 aliphatic carbocycles. The predicted octanol–water partition coefficient (Wildman–Crippen LogP) is 0.320. The Kier molecular flexibility index (Phi) is 5.68. The highest BCUT2D eigenvalue weighted by Gasteiger charge is 2.20. The van der Waals surface area contributed by atoms with Crippen LogP contribution in [0.4, 0.5) is 0 Å². The average Bonchev–Trinajstić information content (AvgIpc) is 2.84. The molecule has 2 heterocycles. The Morgan fingerprint density at radius 3 is 2.62 bits per heavy atom. The molecule has 0 bridgehead atoms. The maximum atomic E-state index is 12.9. The number of primary amides is 2. The first-order chi connectivity index (χ1) is 11.4. The van der Waals surface area contributed by atoms with Crippen LogP contribution >= 0.6 is 11.3 Å². The Morgan fingerprint density at radius 2 is 2.04 bits per heavy atom. The largest absolute Gasteiger partial charge is 0.384 e. The Hall–Kier alpha value is -2.26. The van der Waals surface area contributed by atoms with Crippen molar-refractivity contribution in [2.75, 3.05) is 13.7 Å². The second-order valence-corrected chi connectivity index (χ2v) is 6.40. The fraction of sp³-hybridized carbons (Fsp3) is 0.467. The first kappa shape index (κ1) is 18.1. The molecule has 0 saturated carbocycles. The van der Waals surface area contributed by atoms with E-state index in [1.165, 1.54) is 4.57 Å². The van der Waals surface area contributed by atoms with Crippen LogP contribution in [0.5, 0.6) is 0 Å². The summed E-state index contributed by atoms with van der Waals surface area (Å²) < 4.78 is 6.58. The van der Waals surface area contributed by atoms with Gasteiger partial charge in [0.2, 0.25) is 5.91 Å². The molecule has 2 aromatic heterocycles. The Balaban J connectivity index is 2.56. The van der Waals surface area contributed by atoms with Crippen molar-refractivity contribution < 1.29 is 14.3 Å². The second kappa shape index (κ2) is 7.54. The summed E-state index contributed by atoms with van der Waals surface area (Å²) in [5.74, 6) is -0.442. The number of ether oxygens (including phenoxy) is 1. The SMILES string of the molecule is COCCc1nc2sc(C(N)=O)c(C)c2c(=O)n1CCCC(N)=O. The molecular weight excluding hydrogens is 332 g/mol. The van der Waals surface area contributed by atoms with Crippen molar-refractivity contribution in [3.05, 3.63) is 26.6 Å². The van der Waals surface area contributed by atoms with E-state index in [4.69, 9.17) is 16.2 Å². The standard InChI is InChI=1S/C15H20N4O4S/c1-8-11-14(24-12(8)13(17)21)18-10(5-7-23-2)19(15(11)22)6-3-4-9(16)20/h3-7H2,1-2H3,(H2,16,20)(H2,17,21). The topological polar surface area (TPSA) is 130 Å². The normalized spacial score (nSPS) is 11.1.